The summed E-state index contributed by atoms with van der Waals surface area (Å²) in [4.78, 5) is 13.6. The molecule has 0 saturated carbocycles. The van der Waals surface area contributed by atoms with Crippen LogP contribution in [-0.2, 0) is 4.79 Å². The molecular weight excluding hydrogens is 176 g/mol. The summed E-state index contributed by atoms with van der Waals surface area (Å²) in [6.45, 7) is 7.06. The van der Waals surface area contributed by atoms with E-state index in [1.54, 1.807) is 0 Å². The number of hydrogen-bond donors (Lipinski definition) is 1. The quantitative estimate of drug-likeness (QED) is 0.747. The lowest BCUT2D eigenvalue weighted by molar-refractivity contribution is -0.131. The maximum Gasteiger partial charge on any atom is 0.237 e. The van der Waals surface area contributed by atoms with Crippen LogP contribution in [0.5, 0.6) is 0 Å². The van der Waals surface area contributed by atoms with Crippen LogP contribution in [0.25, 0.3) is 0 Å². The average molecular weight is 198 g/mol. The Balaban J connectivity index is 2.77. The van der Waals surface area contributed by atoms with Crippen molar-refractivity contribution >= 4 is 5.91 Å². The SMILES string of the molecule is CCC1CCCCN1C(C)(C)C(N)=O. The minimum atomic E-state index is -0.485. The van der Waals surface area contributed by atoms with Crippen LogP contribution < -0.4 is 5.73 Å². The van der Waals surface area contributed by atoms with Crippen molar-refractivity contribution in [2.45, 2.75) is 58.0 Å². The highest BCUT2D eigenvalue weighted by Gasteiger charge is 2.37. The van der Waals surface area contributed by atoms with Crippen LogP contribution in [0.4, 0.5) is 0 Å². The van der Waals surface area contributed by atoms with E-state index in [-0.39, 0.29) is 5.91 Å². The summed E-state index contributed by atoms with van der Waals surface area (Å²) < 4.78 is 0. The van der Waals surface area contributed by atoms with Crippen molar-refractivity contribution in [1.82, 2.24) is 4.90 Å². The van der Waals surface area contributed by atoms with Gasteiger partial charge < -0.3 is 5.73 Å². The Kier molecular flexibility index (Phi) is 3.53. The molecule has 82 valence electrons. The maximum atomic E-state index is 11.4. The van der Waals surface area contributed by atoms with Gasteiger partial charge in [0.1, 0.15) is 0 Å². The van der Waals surface area contributed by atoms with Gasteiger partial charge in [-0.1, -0.05) is 13.3 Å². The van der Waals surface area contributed by atoms with Crippen LogP contribution >= 0.6 is 0 Å². The summed E-state index contributed by atoms with van der Waals surface area (Å²) in [5.41, 5.74) is 4.95. The Hall–Kier alpha value is -0.570. The molecule has 0 radical (unpaired) electrons. The topological polar surface area (TPSA) is 46.3 Å². The number of likely N-dealkylation sites (tertiary alicyclic amines) is 1. The Morgan fingerprint density at radius 3 is 2.64 bits per heavy atom. The first kappa shape index (κ1) is 11.5. The smallest absolute Gasteiger partial charge is 0.237 e. The van der Waals surface area contributed by atoms with Gasteiger partial charge in [-0.25, -0.2) is 0 Å². The van der Waals surface area contributed by atoms with E-state index >= 15 is 0 Å². The molecule has 1 rings (SSSR count). The zero-order valence-electron chi connectivity index (χ0n) is 9.55. The van der Waals surface area contributed by atoms with Gasteiger partial charge in [0.15, 0.2) is 0 Å². The Bertz CT molecular complexity index is 213. The van der Waals surface area contributed by atoms with Gasteiger partial charge in [0.05, 0.1) is 5.54 Å². The van der Waals surface area contributed by atoms with Gasteiger partial charge in [-0.15, -0.1) is 0 Å². The fourth-order valence-electron chi connectivity index (χ4n) is 2.30. The third kappa shape index (κ3) is 2.08. The maximum absolute atomic E-state index is 11.4. The summed E-state index contributed by atoms with van der Waals surface area (Å²) in [6, 6.07) is 0.534. The molecule has 0 spiro atoms. The molecule has 2 N–H and O–H groups in total. The summed E-state index contributed by atoms with van der Waals surface area (Å²) in [7, 11) is 0. The summed E-state index contributed by atoms with van der Waals surface area (Å²) in [6.07, 6.45) is 4.78. The standard InChI is InChI=1S/C11H22N2O/c1-4-9-7-5-6-8-13(9)11(2,3)10(12)14/h9H,4-8H2,1-3H3,(H2,12,14). The Labute approximate surface area is 86.6 Å². The lowest BCUT2D eigenvalue weighted by atomic mass is 9.91. The van der Waals surface area contributed by atoms with Crippen molar-refractivity contribution in [3.8, 4) is 0 Å². The van der Waals surface area contributed by atoms with Crippen LogP contribution in [0.2, 0.25) is 0 Å². The minimum Gasteiger partial charge on any atom is -0.368 e. The predicted molar refractivity (Wildman–Crippen MR) is 57.9 cm³/mol. The number of nitrogens with zero attached hydrogens (tertiary/aromatic N) is 1. The van der Waals surface area contributed by atoms with E-state index in [0.29, 0.717) is 6.04 Å². The number of nitrogens with two attached hydrogens (primary N) is 1. The van der Waals surface area contributed by atoms with Crippen molar-refractivity contribution in [1.29, 1.82) is 0 Å². The van der Waals surface area contributed by atoms with Gasteiger partial charge in [-0.3, -0.25) is 9.69 Å². The number of piperidine rings is 1. The molecule has 1 fully saturated rings. The number of carbonyl (C=O) groups is 1. The molecule has 14 heavy (non-hydrogen) atoms. The molecule has 0 aromatic carbocycles. The molecule has 1 amide bonds. The number of rotatable bonds is 3. The van der Waals surface area contributed by atoms with Gasteiger partial charge in [-0.2, -0.15) is 0 Å². The largest absolute Gasteiger partial charge is 0.368 e. The third-order valence-corrected chi connectivity index (χ3v) is 3.42. The first-order valence-corrected chi connectivity index (χ1v) is 5.56. The second kappa shape index (κ2) is 4.30. The van der Waals surface area contributed by atoms with Crippen LogP contribution in [0, 0.1) is 0 Å². The average Bonchev–Trinajstić information content (AvgIpc) is 2.17. The van der Waals surface area contributed by atoms with E-state index in [0.717, 1.165) is 13.0 Å². The van der Waals surface area contributed by atoms with E-state index in [9.17, 15) is 4.79 Å². The Morgan fingerprint density at radius 1 is 1.50 bits per heavy atom. The second-order valence-corrected chi connectivity index (χ2v) is 4.67. The highest BCUT2D eigenvalue weighted by molar-refractivity contribution is 5.83. The van der Waals surface area contributed by atoms with Gasteiger partial charge in [0.2, 0.25) is 5.91 Å². The minimum absolute atomic E-state index is 0.210. The van der Waals surface area contributed by atoms with Gasteiger partial charge >= 0.3 is 0 Å². The van der Waals surface area contributed by atoms with Crippen molar-refractivity contribution < 1.29 is 4.79 Å². The molecule has 1 aliphatic heterocycles. The molecule has 1 aliphatic rings. The molecular formula is C11H22N2O. The zero-order valence-corrected chi connectivity index (χ0v) is 9.55. The molecule has 3 nitrogen and oxygen atoms in total. The molecule has 1 atom stereocenters. The highest BCUT2D eigenvalue weighted by atomic mass is 16.1. The first-order chi connectivity index (χ1) is 6.50. The molecule has 1 unspecified atom stereocenters. The van der Waals surface area contributed by atoms with Crippen LogP contribution in [-0.4, -0.2) is 28.9 Å². The van der Waals surface area contributed by atoms with Gasteiger partial charge in [-0.05, 0) is 39.7 Å². The normalized spacial score (nSPS) is 24.9. The predicted octanol–water partition coefficient (Wildman–Crippen LogP) is 1.51. The number of carbonyl (C=O) groups excluding carboxylic acids is 1. The van der Waals surface area contributed by atoms with Crippen LogP contribution in [0.1, 0.15) is 46.5 Å². The fourth-order valence-corrected chi connectivity index (χ4v) is 2.30. The van der Waals surface area contributed by atoms with Gasteiger partial charge in [0, 0.05) is 6.04 Å². The summed E-state index contributed by atoms with van der Waals surface area (Å²) >= 11 is 0. The second-order valence-electron chi connectivity index (χ2n) is 4.67. The summed E-state index contributed by atoms with van der Waals surface area (Å²) in [5, 5.41) is 0. The van der Waals surface area contributed by atoms with E-state index in [4.69, 9.17) is 5.73 Å². The molecule has 0 aliphatic carbocycles. The Morgan fingerprint density at radius 2 is 2.14 bits per heavy atom. The molecule has 3 heteroatoms. The number of hydrogen-bond acceptors (Lipinski definition) is 2. The zero-order chi connectivity index (χ0) is 10.8. The van der Waals surface area contributed by atoms with Crippen molar-refractivity contribution in [2.75, 3.05) is 6.54 Å². The van der Waals surface area contributed by atoms with Crippen LogP contribution in [0.15, 0.2) is 0 Å². The monoisotopic (exact) mass is 198 g/mol. The highest BCUT2D eigenvalue weighted by Crippen LogP contribution is 2.27. The molecule has 1 saturated heterocycles. The van der Waals surface area contributed by atoms with Crippen molar-refractivity contribution in [3.05, 3.63) is 0 Å². The lowest BCUT2D eigenvalue weighted by Gasteiger charge is -2.44. The van der Waals surface area contributed by atoms with Crippen molar-refractivity contribution in [3.63, 3.8) is 0 Å². The molecule has 0 bridgehead atoms. The van der Waals surface area contributed by atoms with E-state index in [1.165, 1.54) is 19.3 Å². The molecule has 1 heterocycles. The fraction of sp³-hybridized carbons (Fsp3) is 0.909. The van der Waals surface area contributed by atoms with Crippen LogP contribution in [0.3, 0.4) is 0 Å². The van der Waals surface area contributed by atoms with E-state index < -0.39 is 5.54 Å². The molecule has 0 aromatic heterocycles. The third-order valence-electron chi connectivity index (χ3n) is 3.42. The lowest BCUT2D eigenvalue weighted by Crippen LogP contribution is -2.58. The van der Waals surface area contributed by atoms with E-state index in [1.807, 2.05) is 13.8 Å². The van der Waals surface area contributed by atoms with Crippen molar-refractivity contribution in [2.24, 2.45) is 5.73 Å². The number of primary amides is 1. The molecule has 0 aromatic rings. The van der Waals surface area contributed by atoms with Gasteiger partial charge in [0.25, 0.3) is 0 Å². The summed E-state index contributed by atoms with van der Waals surface area (Å²) in [5.74, 6) is -0.210. The van der Waals surface area contributed by atoms with E-state index in [2.05, 4.69) is 11.8 Å². The first-order valence-electron chi connectivity index (χ1n) is 5.56. The number of amides is 1.